The van der Waals surface area contributed by atoms with Gasteiger partial charge in [-0.3, -0.25) is 0 Å². The maximum Gasteiger partial charge on any atom is 0.143 e. The van der Waals surface area contributed by atoms with Gasteiger partial charge in [-0.2, -0.15) is 0 Å². The van der Waals surface area contributed by atoms with Gasteiger partial charge in [0.2, 0.25) is 0 Å². The molecule has 106 valence electrons. The SMILES string of the molecule is Cc1cccc(OCCNc2cc(Cl)c(F)cc2N)c1. The fourth-order valence-electron chi connectivity index (χ4n) is 1.78. The van der Waals surface area contributed by atoms with Crippen LogP contribution in [0, 0.1) is 12.7 Å². The minimum absolute atomic E-state index is 0.0429. The van der Waals surface area contributed by atoms with Crippen molar-refractivity contribution in [1.82, 2.24) is 0 Å². The summed E-state index contributed by atoms with van der Waals surface area (Å²) in [6, 6.07) is 10.5. The highest BCUT2D eigenvalue weighted by Gasteiger charge is 2.05. The summed E-state index contributed by atoms with van der Waals surface area (Å²) in [6.07, 6.45) is 0. The normalized spacial score (nSPS) is 10.3. The quantitative estimate of drug-likeness (QED) is 0.650. The highest BCUT2D eigenvalue weighted by atomic mass is 35.5. The van der Waals surface area contributed by atoms with E-state index in [0.717, 1.165) is 11.3 Å². The zero-order valence-corrected chi connectivity index (χ0v) is 11.9. The van der Waals surface area contributed by atoms with E-state index in [0.29, 0.717) is 24.5 Å². The summed E-state index contributed by atoms with van der Waals surface area (Å²) in [7, 11) is 0. The van der Waals surface area contributed by atoms with Crippen molar-refractivity contribution in [2.45, 2.75) is 6.92 Å². The molecule has 0 amide bonds. The molecule has 2 aromatic carbocycles. The van der Waals surface area contributed by atoms with Crippen LogP contribution in [0.25, 0.3) is 0 Å². The molecule has 0 heterocycles. The Labute approximate surface area is 122 Å². The average Bonchev–Trinajstić information content (AvgIpc) is 2.40. The van der Waals surface area contributed by atoms with Crippen molar-refractivity contribution in [3.63, 3.8) is 0 Å². The van der Waals surface area contributed by atoms with E-state index in [4.69, 9.17) is 22.1 Å². The van der Waals surface area contributed by atoms with Gasteiger partial charge in [-0.15, -0.1) is 0 Å². The van der Waals surface area contributed by atoms with Crippen molar-refractivity contribution in [2.75, 3.05) is 24.2 Å². The predicted octanol–water partition coefficient (Wildman–Crippen LogP) is 3.86. The first-order valence-electron chi connectivity index (χ1n) is 6.24. The van der Waals surface area contributed by atoms with Gasteiger partial charge in [-0.1, -0.05) is 23.7 Å². The molecule has 3 N–H and O–H groups in total. The predicted molar refractivity (Wildman–Crippen MR) is 81.0 cm³/mol. The van der Waals surface area contributed by atoms with Crippen molar-refractivity contribution >= 4 is 23.0 Å². The van der Waals surface area contributed by atoms with E-state index < -0.39 is 5.82 Å². The highest BCUT2D eigenvalue weighted by Crippen LogP contribution is 2.26. The number of aryl methyl sites for hydroxylation is 1. The standard InChI is InChI=1S/C15H16ClFN2O/c1-10-3-2-4-11(7-10)20-6-5-19-15-8-12(16)13(17)9-14(15)18/h2-4,7-9,19H,5-6,18H2,1H3. The fraction of sp³-hybridized carbons (Fsp3) is 0.200. The first kappa shape index (κ1) is 14.5. The molecule has 2 aromatic rings. The van der Waals surface area contributed by atoms with Crippen molar-refractivity contribution in [2.24, 2.45) is 0 Å². The molecule has 0 fully saturated rings. The van der Waals surface area contributed by atoms with Crippen LogP contribution in [0.15, 0.2) is 36.4 Å². The lowest BCUT2D eigenvalue weighted by atomic mass is 10.2. The minimum atomic E-state index is -0.522. The number of rotatable bonds is 5. The third-order valence-electron chi connectivity index (χ3n) is 2.77. The minimum Gasteiger partial charge on any atom is -0.492 e. The van der Waals surface area contributed by atoms with Gasteiger partial charge in [0.15, 0.2) is 0 Å². The monoisotopic (exact) mass is 294 g/mol. The number of hydrogen-bond donors (Lipinski definition) is 2. The van der Waals surface area contributed by atoms with E-state index in [1.54, 1.807) is 0 Å². The van der Waals surface area contributed by atoms with Crippen LogP contribution in [0.1, 0.15) is 5.56 Å². The smallest absolute Gasteiger partial charge is 0.143 e. The largest absolute Gasteiger partial charge is 0.492 e. The van der Waals surface area contributed by atoms with E-state index >= 15 is 0 Å². The summed E-state index contributed by atoms with van der Waals surface area (Å²) in [6.45, 7) is 3.02. The molecule has 3 nitrogen and oxygen atoms in total. The zero-order chi connectivity index (χ0) is 14.5. The lowest BCUT2D eigenvalue weighted by Gasteiger charge is -2.11. The lowest BCUT2D eigenvalue weighted by Crippen LogP contribution is -2.12. The van der Waals surface area contributed by atoms with Gasteiger partial charge < -0.3 is 15.8 Å². The van der Waals surface area contributed by atoms with Crippen LogP contribution in [-0.4, -0.2) is 13.2 Å². The van der Waals surface area contributed by atoms with Crippen LogP contribution in [0.5, 0.6) is 5.75 Å². The Morgan fingerprint density at radius 2 is 2.10 bits per heavy atom. The Morgan fingerprint density at radius 1 is 1.30 bits per heavy atom. The molecule has 0 saturated carbocycles. The number of anilines is 2. The number of benzene rings is 2. The Kier molecular flexibility index (Phi) is 4.69. The topological polar surface area (TPSA) is 47.3 Å². The fourth-order valence-corrected chi connectivity index (χ4v) is 1.94. The summed E-state index contributed by atoms with van der Waals surface area (Å²) < 4.78 is 18.7. The Balaban J connectivity index is 1.86. The Bertz CT molecular complexity index is 604. The van der Waals surface area contributed by atoms with Gasteiger partial charge in [0.1, 0.15) is 18.2 Å². The molecule has 20 heavy (non-hydrogen) atoms. The van der Waals surface area contributed by atoms with E-state index in [1.807, 2.05) is 31.2 Å². The third kappa shape index (κ3) is 3.78. The molecule has 0 aliphatic heterocycles. The number of halogens is 2. The molecule has 0 bridgehead atoms. The highest BCUT2D eigenvalue weighted by molar-refractivity contribution is 6.31. The van der Waals surface area contributed by atoms with Gasteiger partial charge in [-0.05, 0) is 30.7 Å². The van der Waals surface area contributed by atoms with E-state index in [2.05, 4.69) is 5.32 Å². The van der Waals surface area contributed by atoms with Crippen LogP contribution in [0.3, 0.4) is 0 Å². The molecule has 0 aliphatic rings. The van der Waals surface area contributed by atoms with Crippen molar-refractivity contribution < 1.29 is 9.13 Å². The number of nitrogen functional groups attached to an aromatic ring is 1. The number of nitrogens with two attached hydrogens (primary N) is 1. The molecule has 0 saturated heterocycles. The first-order valence-corrected chi connectivity index (χ1v) is 6.62. The lowest BCUT2D eigenvalue weighted by molar-refractivity contribution is 0.332. The first-order chi connectivity index (χ1) is 9.56. The second-order valence-electron chi connectivity index (χ2n) is 4.45. The molecule has 2 rings (SSSR count). The van der Waals surface area contributed by atoms with Gasteiger partial charge in [-0.25, -0.2) is 4.39 Å². The molecule has 0 radical (unpaired) electrons. The van der Waals surface area contributed by atoms with Gasteiger partial charge in [0.25, 0.3) is 0 Å². The number of nitrogens with one attached hydrogen (secondary N) is 1. The van der Waals surface area contributed by atoms with Crippen LogP contribution in [0.2, 0.25) is 5.02 Å². The van der Waals surface area contributed by atoms with E-state index in [9.17, 15) is 4.39 Å². The van der Waals surface area contributed by atoms with Gasteiger partial charge in [0.05, 0.1) is 16.4 Å². The Morgan fingerprint density at radius 3 is 2.85 bits per heavy atom. The second-order valence-corrected chi connectivity index (χ2v) is 4.85. The molecule has 0 aliphatic carbocycles. The van der Waals surface area contributed by atoms with Crippen LogP contribution in [0.4, 0.5) is 15.8 Å². The van der Waals surface area contributed by atoms with Crippen LogP contribution < -0.4 is 15.8 Å². The van der Waals surface area contributed by atoms with Gasteiger partial charge >= 0.3 is 0 Å². The summed E-state index contributed by atoms with van der Waals surface area (Å²) >= 11 is 5.71. The number of ether oxygens (including phenoxy) is 1. The summed E-state index contributed by atoms with van der Waals surface area (Å²) in [5, 5.41) is 3.11. The molecule has 0 spiro atoms. The zero-order valence-electron chi connectivity index (χ0n) is 11.1. The molecular weight excluding hydrogens is 279 g/mol. The van der Waals surface area contributed by atoms with E-state index in [1.165, 1.54) is 12.1 Å². The summed E-state index contributed by atoms with van der Waals surface area (Å²) in [5.74, 6) is 0.294. The average molecular weight is 295 g/mol. The maximum atomic E-state index is 13.1. The molecule has 0 atom stereocenters. The summed E-state index contributed by atoms with van der Waals surface area (Å²) in [4.78, 5) is 0. The van der Waals surface area contributed by atoms with E-state index in [-0.39, 0.29) is 5.02 Å². The third-order valence-corrected chi connectivity index (χ3v) is 3.06. The summed E-state index contributed by atoms with van der Waals surface area (Å²) in [5.41, 5.74) is 7.77. The van der Waals surface area contributed by atoms with Gasteiger partial charge in [0, 0.05) is 12.6 Å². The molecular formula is C15H16ClFN2O. The molecule has 0 aromatic heterocycles. The van der Waals surface area contributed by atoms with Crippen molar-refractivity contribution in [3.05, 3.63) is 52.8 Å². The van der Waals surface area contributed by atoms with Crippen LogP contribution in [-0.2, 0) is 0 Å². The number of hydrogen-bond acceptors (Lipinski definition) is 3. The molecule has 0 unspecified atom stereocenters. The Hall–Kier alpha value is -1.94. The van der Waals surface area contributed by atoms with Crippen molar-refractivity contribution in [3.8, 4) is 5.75 Å². The van der Waals surface area contributed by atoms with Crippen LogP contribution >= 0.6 is 11.6 Å². The second kappa shape index (κ2) is 6.48. The maximum absolute atomic E-state index is 13.1. The molecule has 5 heteroatoms. The van der Waals surface area contributed by atoms with Crippen molar-refractivity contribution in [1.29, 1.82) is 0 Å².